The van der Waals surface area contributed by atoms with Crippen LogP contribution in [0.15, 0.2) is 24.4 Å². The predicted molar refractivity (Wildman–Crippen MR) is 82.0 cm³/mol. The van der Waals surface area contributed by atoms with E-state index in [0.29, 0.717) is 6.42 Å². The predicted octanol–water partition coefficient (Wildman–Crippen LogP) is 3.71. The average molecular weight is 287 g/mol. The molecule has 1 N–H and O–H groups in total. The van der Waals surface area contributed by atoms with Gasteiger partial charge in [-0.3, -0.25) is 4.79 Å². The third kappa shape index (κ3) is 2.95. The van der Waals surface area contributed by atoms with Crippen LogP contribution in [0, 0.1) is 0 Å². The van der Waals surface area contributed by atoms with Gasteiger partial charge in [0.1, 0.15) is 5.75 Å². The molecule has 0 spiro atoms. The SMILES string of the molecule is COc1cccc2[nH]cc(C(=O)CCC3CCCCO3)c12. The van der Waals surface area contributed by atoms with Crippen molar-refractivity contribution >= 4 is 16.7 Å². The molecule has 1 aliphatic rings. The Morgan fingerprint density at radius 2 is 2.33 bits per heavy atom. The Bertz CT molecular complexity index is 626. The summed E-state index contributed by atoms with van der Waals surface area (Å²) in [5, 5.41) is 0.884. The molecule has 0 radical (unpaired) electrons. The van der Waals surface area contributed by atoms with Gasteiger partial charge >= 0.3 is 0 Å². The Balaban J connectivity index is 1.75. The molecule has 21 heavy (non-hydrogen) atoms. The Morgan fingerprint density at radius 1 is 1.43 bits per heavy atom. The van der Waals surface area contributed by atoms with Crippen LogP contribution in [0.4, 0.5) is 0 Å². The third-order valence-corrected chi connectivity index (χ3v) is 4.16. The molecule has 0 amide bonds. The quantitative estimate of drug-likeness (QED) is 0.853. The smallest absolute Gasteiger partial charge is 0.165 e. The van der Waals surface area contributed by atoms with Gasteiger partial charge in [0, 0.05) is 30.3 Å². The molecule has 2 aromatic rings. The number of benzene rings is 1. The van der Waals surface area contributed by atoms with Crippen molar-refractivity contribution in [2.24, 2.45) is 0 Å². The van der Waals surface area contributed by atoms with E-state index in [1.54, 1.807) is 13.3 Å². The van der Waals surface area contributed by atoms with Crippen molar-refractivity contribution in [2.45, 2.75) is 38.2 Å². The molecule has 1 aliphatic heterocycles. The molecule has 4 nitrogen and oxygen atoms in total. The van der Waals surface area contributed by atoms with Gasteiger partial charge in [-0.2, -0.15) is 0 Å². The largest absolute Gasteiger partial charge is 0.496 e. The van der Waals surface area contributed by atoms with Gasteiger partial charge in [-0.05, 0) is 37.8 Å². The molecule has 4 heteroatoms. The number of Topliss-reactive ketones (excluding diaryl/α,β-unsaturated/α-hetero) is 1. The first-order valence-electron chi connectivity index (χ1n) is 7.58. The number of H-pyrrole nitrogens is 1. The Morgan fingerprint density at radius 3 is 3.10 bits per heavy atom. The van der Waals surface area contributed by atoms with Crippen molar-refractivity contribution in [3.8, 4) is 5.75 Å². The summed E-state index contributed by atoms with van der Waals surface area (Å²) in [5.74, 6) is 0.894. The number of carbonyl (C=O) groups is 1. The highest BCUT2D eigenvalue weighted by molar-refractivity contribution is 6.09. The molecule has 1 unspecified atom stereocenters. The van der Waals surface area contributed by atoms with Gasteiger partial charge in [-0.1, -0.05) is 6.07 Å². The van der Waals surface area contributed by atoms with Crippen LogP contribution in [0.5, 0.6) is 5.75 Å². The molecule has 1 aromatic carbocycles. The van der Waals surface area contributed by atoms with E-state index in [2.05, 4.69) is 4.98 Å². The molecule has 1 aromatic heterocycles. The van der Waals surface area contributed by atoms with Crippen LogP contribution < -0.4 is 4.74 Å². The maximum atomic E-state index is 12.5. The van der Waals surface area contributed by atoms with E-state index in [1.165, 1.54) is 6.42 Å². The zero-order chi connectivity index (χ0) is 14.7. The van der Waals surface area contributed by atoms with Gasteiger partial charge in [0.15, 0.2) is 5.78 Å². The zero-order valence-electron chi connectivity index (χ0n) is 12.4. The number of aromatic nitrogens is 1. The minimum absolute atomic E-state index is 0.153. The third-order valence-electron chi connectivity index (χ3n) is 4.16. The second-order valence-electron chi connectivity index (χ2n) is 5.54. The number of rotatable bonds is 5. The summed E-state index contributed by atoms with van der Waals surface area (Å²) in [5.41, 5.74) is 1.66. The van der Waals surface area contributed by atoms with Crippen LogP contribution in [-0.4, -0.2) is 30.6 Å². The lowest BCUT2D eigenvalue weighted by molar-refractivity contribution is 0.0104. The Hall–Kier alpha value is -1.81. The Kier molecular flexibility index (Phi) is 4.25. The highest BCUT2D eigenvalue weighted by Gasteiger charge is 2.19. The lowest BCUT2D eigenvalue weighted by Gasteiger charge is -2.22. The van der Waals surface area contributed by atoms with Gasteiger partial charge in [-0.25, -0.2) is 0 Å². The van der Waals surface area contributed by atoms with Crippen LogP contribution in [0.1, 0.15) is 42.5 Å². The fourth-order valence-corrected chi connectivity index (χ4v) is 3.00. The number of hydrogen-bond acceptors (Lipinski definition) is 3. The van der Waals surface area contributed by atoms with Crippen molar-refractivity contribution in [3.63, 3.8) is 0 Å². The number of ether oxygens (including phenoxy) is 2. The summed E-state index contributed by atoms with van der Waals surface area (Å²) >= 11 is 0. The number of hydrogen-bond donors (Lipinski definition) is 1. The number of nitrogens with one attached hydrogen (secondary N) is 1. The van der Waals surface area contributed by atoms with E-state index in [4.69, 9.17) is 9.47 Å². The van der Waals surface area contributed by atoms with Gasteiger partial charge in [0.25, 0.3) is 0 Å². The molecular weight excluding hydrogens is 266 g/mol. The van der Waals surface area contributed by atoms with Crippen molar-refractivity contribution in [3.05, 3.63) is 30.0 Å². The minimum atomic E-state index is 0.153. The fourth-order valence-electron chi connectivity index (χ4n) is 3.00. The first-order valence-corrected chi connectivity index (χ1v) is 7.58. The first-order chi connectivity index (χ1) is 10.3. The van der Waals surface area contributed by atoms with Crippen LogP contribution in [0.25, 0.3) is 10.9 Å². The van der Waals surface area contributed by atoms with Gasteiger partial charge < -0.3 is 14.5 Å². The van der Waals surface area contributed by atoms with Gasteiger partial charge in [0.05, 0.1) is 18.6 Å². The molecule has 0 bridgehead atoms. The van der Waals surface area contributed by atoms with E-state index in [9.17, 15) is 4.79 Å². The Labute approximate surface area is 124 Å². The molecule has 112 valence electrons. The van der Waals surface area contributed by atoms with E-state index in [0.717, 1.165) is 48.1 Å². The van der Waals surface area contributed by atoms with Crippen molar-refractivity contribution in [2.75, 3.05) is 13.7 Å². The molecule has 2 heterocycles. The fraction of sp³-hybridized carbons (Fsp3) is 0.471. The summed E-state index contributed by atoms with van der Waals surface area (Å²) in [6, 6.07) is 5.76. The van der Waals surface area contributed by atoms with Gasteiger partial charge in [-0.15, -0.1) is 0 Å². The number of aromatic amines is 1. The molecule has 0 saturated carbocycles. The van der Waals surface area contributed by atoms with Crippen LogP contribution in [-0.2, 0) is 4.74 Å². The van der Waals surface area contributed by atoms with Crippen molar-refractivity contribution in [1.29, 1.82) is 0 Å². The lowest BCUT2D eigenvalue weighted by Crippen LogP contribution is -2.20. The van der Waals surface area contributed by atoms with E-state index >= 15 is 0 Å². The maximum absolute atomic E-state index is 12.5. The first kappa shape index (κ1) is 14.1. The standard InChI is InChI=1S/C17H21NO3/c1-20-16-7-4-6-14-17(16)13(11-18-14)15(19)9-8-12-5-2-3-10-21-12/h4,6-7,11-12,18H,2-3,5,8-10H2,1H3. The van der Waals surface area contributed by atoms with Crippen molar-refractivity contribution in [1.82, 2.24) is 4.98 Å². The second-order valence-corrected chi connectivity index (χ2v) is 5.54. The molecule has 1 saturated heterocycles. The zero-order valence-corrected chi connectivity index (χ0v) is 12.4. The monoisotopic (exact) mass is 287 g/mol. The second kappa shape index (κ2) is 6.31. The average Bonchev–Trinajstić information content (AvgIpc) is 2.97. The topological polar surface area (TPSA) is 51.3 Å². The number of fused-ring (bicyclic) bond motifs is 1. The highest BCUT2D eigenvalue weighted by atomic mass is 16.5. The summed E-state index contributed by atoms with van der Waals surface area (Å²) in [6.07, 6.45) is 6.79. The summed E-state index contributed by atoms with van der Waals surface area (Å²) in [6.45, 7) is 0.833. The summed E-state index contributed by atoms with van der Waals surface area (Å²) in [7, 11) is 1.63. The number of ketones is 1. The summed E-state index contributed by atoms with van der Waals surface area (Å²) < 4.78 is 11.1. The van der Waals surface area contributed by atoms with Crippen LogP contribution in [0.3, 0.4) is 0 Å². The molecule has 1 fully saturated rings. The molecule has 3 rings (SSSR count). The summed E-state index contributed by atoms with van der Waals surface area (Å²) in [4.78, 5) is 15.6. The van der Waals surface area contributed by atoms with E-state index in [1.807, 2.05) is 18.2 Å². The molecule has 1 atom stereocenters. The van der Waals surface area contributed by atoms with Crippen molar-refractivity contribution < 1.29 is 14.3 Å². The van der Waals surface area contributed by atoms with E-state index < -0.39 is 0 Å². The van der Waals surface area contributed by atoms with E-state index in [-0.39, 0.29) is 11.9 Å². The molecular formula is C17H21NO3. The molecule has 0 aliphatic carbocycles. The highest BCUT2D eigenvalue weighted by Crippen LogP contribution is 2.30. The minimum Gasteiger partial charge on any atom is -0.496 e. The van der Waals surface area contributed by atoms with Crippen LogP contribution >= 0.6 is 0 Å². The van der Waals surface area contributed by atoms with Crippen LogP contribution in [0.2, 0.25) is 0 Å². The number of carbonyl (C=O) groups excluding carboxylic acids is 1. The maximum Gasteiger partial charge on any atom is 0.165 e. The lowest BCUT2D eigenvalue weighted by atomic mass is 10.00. The number of methoxy groups -OCH3 is 1. The van der Waals surface area contributed by atoms with Gasteiger partial charge in [0.2, 0.25) is 0 Å². The normalized spacial score (nSPS) is 18.8.